The number of nitrogens with zero attached hydrogens (tertiary/aromatic N) is 4. The van der Waals surface area contributed by atoms with Crippen LogP contribution in [-0.4, -0.2) is 58.8 Å². The number of carbonyl (C=O) groups excluding carboxylic acids is 2. The molecule has 0 aliphatic carbocycles. The summed E-state index contributed by atoms with van der Waals surface area (Å²) in [6, 6.07) is 13.6. The fourth-order valence-electron chi connectivity index (χ4n) is 4.52. The van der Waals surface area contributed by atoms with Gasteiger partial charge in [0.2, 0.25) is 5.91 Å². The summed E-state index contributed by atoms with van der Waals surface area (Å²) in [7, 11) is 0. The van der Waals surface area contributed by atoms with Crippen molar-refractivity contribution in [2.24, 2.45) is 5.92 Å². The number of nitro groups is 1. The Kier molecular flexibility index (Phi) is 6.12. The van der Waals surface area contributed by atoms with Gasteiger partial charge < -0.3 is 14.7 Å². The lowest BCUT2D eigenvalue weighted by Gasteiger charge is -2.39. The number of carbonyl (C=O) groups is 2. The highest BCUT2D eigenvalue weighted by molar-refractivity contribution is 6.01. The van der Waals surface area contributed by atoms with E-state index in [0.717, 1.165) is 11.3 Å². The monoisotopic (exact) mass is 436 g/mol. The first-order valence-corrected chi connectivity index (χ1v) is 11.0. The zero-order chi connectivity index (χ0) is 22.8. The third kappa shape index (κ3) is 4.30. The molecular formula is C24H28N4O4. The first-order chi connectivity index (χ1) is 15.3. The van der Waals surface area contributed by atoms with Crippen LogP contribution in [0.15, 0.2) is 48.5 Å². The number of hydrogen-bond acceptors (Lipinski definition) is 5. The summed E-state index contributed by atoms with van der Waals surface area (Å²) in [4.78, 5) is 42.7. The molecule has 8 nitrogen and oxygen atoms in total. The van der Waals surface area contributed by atoms with Gasteiger partial charge in [0.15, 0.2) is 0 Å². The summed E-state index contributed by atoms with van der Waals surface area (Å²) in [5, 5.41) is 10.9. The van der Waals surface area contributed by atoms with E-state index >= 15 is 0 Å². The number of rotatable bonds is 6. The Balaban J connectivity index is 1.44. The van der Waals surface area contributed by atoms with Crippen LogP contribution in [-0.2, 0) is 11.3 Å². The summed E-state index contributed by atoms with van der Waals surface area (Å²) >= 11 is 0. The van der Waals surface area contributed by atoms with Crippen LogP contribution in [0.4, 0.5) is 11.4 Å². The van der Waals surface area contributed by atoms with E-state index in [4.69, 9.17) is 0 Å². The highest BCUT2D eigenvalue weighted by atomic mass is 16.6. The summed E-state index contributed by atoms with van der Waals surface area (Å²) in [5.41, 5.74) is 2.64. The van der Waals surface area contributed by atoms with Gasteiger partial charge in [-0.2, -0.15) is 0 Å². The first kappa shape index (κ1) is 21.8. The predicted octanol–water partition coefficient (Wildman–Crippen LogP) is 3.31. The zero-order valence-corrected chi connectivity index (χ0v) is 18.4. The van der Waals surface area contributed by atoms with Crippen LogP contribution in [0.5, 0.6) is 0 Å². The second kappa shape index (κ2) is 8.98. The molecule has 1 atom stereocenters. The number of nitro benzene ring substituents is 1. The number of hydrogen-bond donors (Lipinski definition) is 0. The van der Waals surface area contributed by atoms with Gasteiger partial charge in [-0.3, -0.25) is 19.7 Å². The second-order valence-corrected chi connectivity index (χ2v) is 8.82. The van der Waals surface area contributed by atoms with Crippen molar-refractivity contribution in [3.63, 3.8) is 0 Å². The molecule has 0 radical (unpaired) electrons. The number of fused-ring (bicyclic) bond motifs is 1. The van der Waals surface area contributed by atoms with Gasteiger partial charge in [0, 0.05) is 56.1 Å². The third-order valence-corrected chi connectivity index (χ3v) is 6.22. The molecule has 32 heavy (non-hydrogen) atoms. The normalized spacial score (nSPS) is 17.0. The van der Waals surface area contributed by atoms with Crippen molar-refractivity contribution in [1.29, 1.82) is 0 Å². The van der Waals surface area contributed by atoms with Gasteiger partial charge in [-0.1, -0.05) is 32.0 Å². The second-order valence-electron chi connectivity index (χ2n) is 8.82. The molecule has 2 heterocycles. The minimum atomic E-state index is -0.471. The average molecular weight is 437 g/mol. The van der Waals surface area contributed by atoms with E-state index < -0.39 is 11.0 Å². The average Bonchev–Trinajstić information content (AvgIpc) is 3.13. The maximum absolute atomic E-state index is 13.5. The Bertz CT molecular complexity index is 1010. The van der Waals surface area contributed by atoms with E-state index in [2.05, 4.69) is 18.7 Å². The Hall–Kier alpha value is -3.42. The van der Waals surface area contributed by atoms with Gasteiger partial charge in [-0.15, -0.1) is 0 Å². The highest BCUT2D eigenvalue weighted by Crippen LogP contribution is 2.28. The molecule has 2 aromatic carbocycles. The molecule has 1 saturated heterocycles. The first-order valence-electron chi connectivity index (χ1n) is 11.0. The van der Waals surface area contributed by atoms with Crippen LogP contribution >= 0.6 is 0 Å². The molecule has 0 bridgehead atoms. The Labute approximate surface area is 187 Å². The van der Waals surface area contributed by atoms with Crippen molar-refractivity contribution >= 4 is 23.2 Å². The van der Waals surface area contributed by atoms with Gasteiger partial charge in [0.05, 0.1) is 4.92 Å². The molecule has 1 unspecified atom stereocenters. The van der Waals surface area contributed by atoms with Gasteiger partial charge >= 0.3 is 0 Å². The Morgan fingerprint density at radius 1 is 1.03 bits per heavy atom. The van der Waals surface area contributed by atoms with Crippen LogP contribution in [0.25, 0.3) is 0 Å². The van der Waals surface area contributed by atoms with E-state index in [1.54, 1.807) is 17.0 Å². The lowest BCUT2D eigenvalue weighted by atomic mass is 10.0. The number of non-ortho nitro benzene ring substituents is 1. The van der Waals surface area contributed by atoms with E-state index in [1.807, 2.05) is 29.2 Å². The molecule has 8 heteroatoms. The Morgan fingerprint density at radius 2 is 1.69 bits per heavy atom. The van der Waals surface area contributed by atoms with Crippen molar-refractivity contribution in [2.45, 2.75) is 32.9 Å². The summed E-state index contributed by atoms with van der Waals surface area (Å²) < 4.78 is 0. The molecular weight excluding hydrogens is 408 g/mol. The predicted molar refractivity (Wildman–Crippen MR) is 121 cm³/mol. The largest absolute Gasteiger partial charge is 0.368 e. The SMILES string of the molecule is CC(C)CC(C(=O)N1CCN(c2ccc([N+](=O)[O-])cc2)CC1)N1Cc2ccccc2C1=O. The van der Waals surface area contributed by atoms with Crippen LogP contribution in [0, 0.1) is 16.0 Å². The van der Waals surface area contributed by atoms with Gasteiger partial charge in [0.1, 0.15) is 6.04 Å². The number of anilines is 1. The van der Waals surface area contributed by atoms with E-state index in [1.165, 1.54) is 12.1 Å². The molecule has 0 aromatic heterocycles. The van der Waals surface area contributed by atoms with Crippen molar-refractivity contribution in [2.75, 3.05) is 31.1 Å². The lowest BCUT2D eigenvalue weighted by molar-refractivity contribution is -0.384. The summed E-state index contributed by atoms with van der Waals surface area (Å²) in [6.45, 7) is 7.01. The van der Waals surface area contributed by atoms with Gasteiger partial charge in [-0.05, 0) is 36.1 Å². The molecule has 2 amide bonds. The smallest absolute Gasteiger partial charge is 0.269 e. The van der Waals surface area contributed by atoms with Crippen molar-refractivity contribution in [1.82, 2.24) is 9.80 Å². The summed E-state index contributed by atoms with van der Waals surface area (Å²) in [5.74, 6) is 0.217. The lowest BCUT2D eigenvalue weighted by Crippen LogP contribution is -2.55. The van der Waals surface area contributed by atoms with Crippen molar-refractivity contribution in [3.8, 4) is 0 Å². The fraction of sp³-hybridized carbons (Fsp3) is 0.417. The standard InChI is InChI=1S/C24H28N4O4/c1-17(2)15-22(27-16-18-5-3-4-6-21(18)23(27)29)24(30)26-13-11-25(12-14-26)19-7-9-20(10-8-19)28(31)32/h3-10,17,22H,11-16H2,1-2H3. The van der Waals surface area contributed by atoms with Crippen molar-refractivity contribution < 1.29 is 14.5 Å². The third-order valence-electron chi connectivity index (χ3n) is 6.22. The molecule has 0 spiro atoms. The van der Waals surface area contributed by atoms with Gasteiger partial charge in [-0.25, -0.2) is 0 Å². The fourth-order valence-corrected chi connectivity index (χ4v) is 4.52. The minimum Gasteiger partial charge on any atom is -0.368 e. The summed E-state index contributed by atoms with van der Waals surface area (Å²) in [6.07, 6.45) is 0.626. The zero-order valence-electron chi connectivity index (χ0n) is 18.4. The maximum atomic E-state index is 13.5. The molecule has 2 aromatic rings. The molecule has 0 N–H and O–H groups in total. The number of piperazine rings is 1. The maximum Gasteiger partial charge on any atom is 0.269 e. The number of amides is 2. The quantitative estimate of drug-likeness (QED) is 0.512. The molecule has 168 valence electrons. The van der Waals surface area contributed by atoms with Crippen molar-refractivity contribution in [3.05, 3.63) is 69.8 Å². The number of benzene rings is 2. The van der Waals surface area contributed by atoms with E-state index in [-0.39, 0.29) is 23.4 Å². The van der Waals surface area contributed by atoms with Gasteiger partial charge in [0.25, 0.3) is 11.6 Å². The minimum absolute atomic E-state index is 0.00297. The molecule has 2 aliphatic rings. The van der Waals surface area contributed by atoms with E-state index in [9.17, 15) is 19.7 Å². The van der Waals surface area contributed by atoms with Crippen LogP contribution in [0.3, 0.4) is 0 Å². The Morgan fingerprint density at radius 3 is 2.28 bits per heavy atom. The highest BCUT2D eigenvalue weighted by Gasteiger charge is 2.38. The van der Waals surface area contributed by atoms with Crippen LogP contribution < -0.4 is 4.90 Å². The van der Waals surface area contributed by atoms with Crippen LogP contribution in [0.2, 0.25) is 0 Å². The van der Waals surface area contributed by atoms with Crippen LogP contribution in [0.1, 0.15) is 36.2 Å². The molecule has 1 fully saturated rings. The molecule has 0 saturated carbocycles. The van der Waals surface area contributed by atoms with E-state index in [0.29, 0.717) is 44.7 Å². The molecule has 4 rings (SSSR count). The topological polar surface area (TPSA) is 87.0 Å². The molecule has 2 aliphatic heterocycles.